The zero-order valence-corrected chi connectivity index (χ0v) is 7.92. The van der Waals surface area contributed by atoms with E-state index in [-0.39, 0.29) is 0 Å². The number of carbonyl (C=O) groups excluding carboxylic acids is 1. The molecule has 0 atom stereocenters. The van der Waals surface area contributed by atoms with Gasteiger partial charge in [0, 0.05) is 11.3 Å². The Labute approximate surface area is 86.3 Å². The van der Waals surface area contributed by atoms with E-state index in [2.05, 4.69) is 4.98 Å². The number of anilines is 1. The Hall–Kier alpha value is -2.30. The summed E-state index contributed by atoms with van der Waals surface area (Å²) in [5, 5.41) is 0. The number of nitrogen functional groups attached to an aromatic ring is 1. The van der Waals surface area contributed by atoms with Crippen molar-refractivity contribution in [3.8, 4) is 5.69 Å². The molecule has 4 N–H and O–H groups in total. The van der Waals surface area contributed by atoms with Crippen molar-refractivity contribution in [1.82, 2.24) is 9.55 Å². The number of nitrogens with two attached hydrogens (primary N) is 2. The van der Waals surface area contributed by atoms with Crippen LogP contribution in [-0.2, 0) is 0 Å². The van der Waals surface area contributed by atoms with Crippen LogP contribution >= 0.6 is 0 Å². The first kappa shape index (κ1) is 9.26. The van der Waals surface area contributed by atoms with Crippen molar-refractivity contribution >= 4 is 11.7 Å². The van der Waals surface area contributed by atoms with E-state index in [0.29, 0.717) is 11.4 Å². The lowest BCUT2D eigenvalue weighted by molar-refractivity contribution is 0.100. The predicted molar refractivity (Wildman–Crippen MR) is 56.5 cm³/mol. The van der Waals surface area contributed by atoms with Crippen LogP contribution in [0.15, 0.2) is 36.8 Å². The molecule has 2 aromatic rings. The smallest absolute Gasteiger partial charge is 0.248 e. The maximum absolute atomic E-state index is 10.8. The summed E-state index contributed by atoms with van der Waals surface area (Å²) in [5.74, 6) is 0.0145. The first-order valence-corrected chi connectivity index (χ1v) is 4.36. The highest BCUT2D eigenvalue weighted by molar-refractivity contribution is 5.92. The van der Waals surface area contributed by atoms with Crippen molar-refractivity contribution in [3.63, 3.8) is 0 Å². The molecule has 0 fully saturated rings. The average Bonchev–Trinajstić information content (AvgIpc) is 2.65. The van der Waals surface area contributed by atoms with E-state index in [0.717, 1.165) is 5.69 Å². The van der Waals surface area contributed by atoms with Gasteiger partial charge in [-0.1, -0.05) is 0 Å². The van der Waals surface area contributed by atoms with Crippen molar-refractivity contribution in [1.29, 1.82) is 0 Å². The Bertz CT molecular complexity index is 486. The van der Waals surface area contributed by atoms with E-state index in [1.165, 1.54) is 0 Å². The number of rotatable bonds is 2. The van der Waals surface area contributed by atoms with E-state index in [4.69, 9.17) is 11.5 Å². The Morgan fingerprint density at radius 3 is 2.40 bits per heavy atom. The Kier molecular flexibility index (Phi) is 2.13. The second-order valence-corrected chi connectivity index (χ2v) is 3.12. The van der Waals surface area contributed by atoms with E-state index in [9.17, 15) is 4.79 Å². The SMILES string of the molecule is NC(=O)c1ccc(-n2cnc(N)c2)cc1. The third kappa shape index (κ3) is 1.80. The molecular weight excluding hydrogens is 192 g/mol. The third-order valence-electron chi connectivity index (χ3n) is 2.05. The largest absolute Gasteiger partial charge is 0.382 e. The molecule has 2 rings (SSSR count). The van der Waals surface area contributed by atoms with Crippen LogP contribution in [0.1, 0.15) is 10.4 Å². The van der Waals surface area contributed by atoms with E-state index >= 15 is 0 Å². The minimum atomic E-state index is -0.438. The van der Waals surface area contributed by atoms with Gasteiger partial charge in [-0.05, 0) is 24.3 Å². The van der Waals surface area contributed by atoms with E-state index < -0.39 is 5.91 Å². The Balaban J connectivity index is 2.35. The van der Waals surface area contributed by atoms with Gasteiger partial charge in [0.1, 0.15) is 12.1 Å². The molecule has 1 aromatic carbocycles. The summed E-state index contributed by atoms with van der Waals surface area (Å²) in [7, 11) is 0. The van der Waals surface area contributed by atoms with Crippen molar-refractivity contribution < 1.29 is 4.79 Å². The molecule has 0 saturated heterocycles. The van der Waals surface area contributed by atoms with Crippen molar-refractivity contribution in [2.24, 2.45) is 5.73 Å². The summed E-state index contributed by atoms with van der Waals surface area (Å²) in [6.45, 7) is 0. The minimum absolute atomic E-state index is 0.438. The number of carbonyl (C=O) groups is 1. The van der Waals surface area contributed by atoms with Gasteiger partial charge in [0.15, 0.2) is 0 Å². The first-order valence-electron chi connectivity index (χ1n) is 4.36. The van der Waals surface area contributed by atoms with Gasteiger partial charge in [-0.2, -0.15) is 0 Å². The monoisotopic (exact) mass is 202 g/mol. The minimum Gasteiger partial charge on any atom is -0.382 e. The number of benzene rings is 1. The quantitative estimate of drug-likeness (QED) is 0.745. The van der Waals surface area contributed by atoms with Crippen LogP contribution in [-0.4, -0.2) is 15.5 Å². The van der Waals surface area contributed by atoms with Crippen molar-refractivity contribution in [2.45, 2.75) is 0 Å². The third-order valence-corrected chi connectivity index (χ3v) is 2.05. The van der Waals surface area contributed by atoms with Crippen LogP contribution in [0.5, 0.6) is 0 Å². The molecule has 0 unspecified atom stereocenters. The highest BCUT2D eigenvalue weighted by atomic mass is 16.1. The second kappa shape index (κ2) is 3.45. The van der Waals surface area contributed by atoms with Gasteiger partial charge in [-0.15, -0.1) is 0 Å². The zero-order valence-electron chi connectivity index (χ0n) is 7.92. The topological polar surface area (TPSA) is 86.9 Å². The fraction of sp³-hybridized carbons (Fsp3) is 0. The number of imidazole rings is 1. The number of amides is 1. The molecule has 5 nitrogen and oxygen atoms in total. The number of hydrogen-bond acceptors (Lipinski definition) is 3. The van der Waals surface area contributed by atoms with Crippen LogP contribution in [0.25, 0.3) is 5.69 Å². The van der Waals surface area contributed by atoms with Crippen LogP contribution in [0, 0.1) is 0 Å². The normalized spacial score (nSPS) is 10.1. The molecule has 0 aliphatic heterocycles. The van der Waals surface area contributed by atoms with Gasteiger partial charge in [-0.25, -0.2) is 4.98 Å². The number of hydrogen-bond donors (Lipinski definition) is 2. The molecule has 1 heterocycles. The standard InChI is InChI=1S/C10H10N4O/c11-9-5-14(6-13-9)8-3-1-7(2-4-8)10(12)15/h1-6H,11H2,(H2,12,15). The summed E-state index contributed by atoms with van der Waals surface area (Å²) < 4.78 is 1.76. The highest BCUT2D eigenvalue weighted by Gasteiger charge is 2.01. The molecule has 15 heavy (non-hydrogen) atoms. The second-order valence-electron chi connectivity index (χ2n) is 3.12. The first-order chi connectivity index (χ1) is 7.16. The Morgan fingerprint density at radius 2 is 1.93 bits per heavy atom. The van der Waals surface area contributed by atoms with Gasteiger partial charge in [0.25, 0.3) is 0 Å². The summed E-state index contributed by atoms with van der Waals surface area (Å²) in [5.41, 5.74) is 12.0. The van der Waals surface area contributed by atoms with Crippen molar-refractivity contribution in [3.05, 3.63) is 42.4 Å². The molecule has 0 aliphatic rings. The molecule has 0 saturated carbocycles. The maximum Gasteiger partial charge on any atom is 0.248 e. The van der Waals surface area contributed by atoms with Crippen LogP contribution < -0.4 is 11.5 Å². The fourth-order valence-electron chi connectivity index (χ4n) is 1.28. The molecule has 0 aliphatic carbocycles. The van der Waals surface area contributed by atoms with E-state index in [1.54, 1.807) is 41.4 Å². The van der Waals surface area contributed by atoms with E-state index in [1.807, 2.05) is 0 Å². The van der Waals surface area contributed by atoms with Gasteiger partial charge in [-0.3, -0.25) is 4.79 Å². The fourth-order valence-corrected chi connectivity index (χ4v) is 1.28. The highest BCUT2D eigenvalue weighted by Crippen LogP contribution is 2.10. The average molecular weight is 202 g/mol. The summed E-state index contributed by atoms with van der Waals surface area (Å²) in [6.07, 6.45) is 3.30. The molecular formula is C10H10N4O. The molecule has 5 heteroatoms. The van der Waals surface area contributed by atoms with Gasteiger partial charge in [0.05, 0.1) is 6.20 Å². The number of primary amides is 1. The lowest BCUT2D eigenvalue weighted by Gasteiger charge is -2.01. The molecule has 0 bridgehead atoms. The van der Waals surface area contributed by atoms with Crippen molar-refractivity contribution in [2.75, 3.05) is 5.73 Å². The lowest BCUT2D eigenvalue weighted by atomic mass is 10.2. The van der Waals surface area contributed by atoms with Gasteiger partial charge < -0.3 is 16.0 Å². The predicted octanol–water partition coefficient (Wildman–Crippen LogP) is 0.553. The lowest BCUT2D eigenvalue weighted by Crippen LogP contribution is -2.10. The number of nitrogens with zero attached hydrogens (tertiary/aromatic N) is 2. The maximum atomic E-state index is 10.8. The molecule has 1 amide bonds. The van der Waals surface area contributed by atoms with Crippen LogP contribution in [0.2, 0.25) is 0 Å². The summed E-state index contributed by atoms with van der Waals surface area (Å²) in [6, 6.07) is 6.88. The van der Waals surface area contributed by atoms with Crippen LogP contribution in [0.3, 0.4) is 0 Å². The zero-order chi connectivity index (χ0) is 10.8. The van der Waals surface area contributed by atoms with Gasteiger partial charge in [0.2, 0.25) is 5.91 Å². The van der Waals surface area contributed by atoms with Crippen LogP contribution in [0.4, 0.5) is 5.82 Å². The summed E-state index contributed by atoms with van der Waals surface area (Å²) >= 11 is 0. The van der Waals surface area contributed by atoms with Gasteiger partial charge >= 0.3 is 0 Å². The molecule has 76 valence electrons. The number of aromatic nitrogens is 2. The summed E-state index contributed by atoms with van der Waals surface area (Å²) in [4.78, 5) is 14.7. The molecule has 0 spiro atoms. The Morgan fingerprint density at radius 1 is 1.27 bits per heavy atom. The molecule has 1 aromatic heterocycles. The molecule has 0 radical (unpaired) electrons.